The van der Waals surface area contributed by atoms with Gasteiger partial charge in [-0.15, -0.1) is 11.8 Å². The molecule has 24 heavy (non-hydrogen) atoms. The molecule has 0 amide bonds. The second-order valence-electron chi connectivity index (χ2n) is 6.34. The third-order valence-electron chi connectivity index (χ3n) is 3.84. The average Bonchev–Trinajstić information content (AvgIpc) is 2.89. The first-order chi connectivity index (χ1) is 11.6. The number of hydrogen-bond acceptors (Lipinski definition) is 4. The van der Waals surface area contributed by atoms with Gasteiger partial charge in [-0.3, -0.25) is 0 Å². The molecule has 1 fully saturated rings. The average molecular weight is 344 g/mol. The first kappa shape index (κ1) is 17.5. The molecule has 2 atom stereocenters. The zero-order valence-electron chi connectivity index (χ0n) is 14.2. The van der Waals surface area contributed by atoms with Gasteiger partial charge in [0.05, 0.1) is 19.3 Å². The van der Waals surface area contributed by atoms with Crippen LogP contribution in [0.2, 0.25) is 0 Å². The molecule has 0 aromatic heterocycles. The molecular formula is C20H24O3S. The lowest BCUT2D eigenvalue weighted by molar-refractivity contribution is -0.150. The number of ether oxygens (including phenoxy) is 3. The Balaban J connectivity index is 1.51. The summed E-state index contributed by atoms with van der Waals surface area (Å²) in [7, 11) is 0. The lowest BCUT2D eigenvalue weighted by Crippen LogP contribution is -2.29. The highest BCUT2D eigenvalue weighted by molar-refractivity contribution is 7.99. The summed E-state index contributed by atoms with van der Waals surface area (Å²) in [5.41, 5.74) is 1.17. The molecule has 2 aromatic rings. The molecule has 2 aromatic carbocycles. The molecule has 1 aliphatic rings. The first-order valence-corrected chi connectivity index (χ1v) is 9.26. The minimum Gasteiger partial charge on any atom is -0.374 e. The second-order valence-corrected chi connectivity index (χ2v) is 7.43. The summed E-state index contributed by atoms with van der Waals surface area (Å²) in [6.07, 6.45) is -0.0131. The van der Waals surface area contributed by atoms with Gasteiger partial charge < -0.3 is 14.2 Å². The number of hydrogen-bond donors (Lipinski definition) is 0. The lowest BCUT2D eigenvalue weighted by Gasteiger charge is -2.17. The van der Waals surface area contributed by atoms with Crippen molar-refractivity contribution in [1.82, 2.24) is 0 Å². The normalized spacial score (nSPS) is 22.6. The SMILES string of the molecule is CC1(C)O[C@@H](COCc2ccccc2)[C@H](CSc2ccccc2)O1. The molecular weight excluding hydrogens is 320 g/mol. The van der Waals surface area contributed by atoms with E-state index in [1.807, 2.05) is 38.1 Å². The predicted octanol–water partition coefficient (Wildman–Crippen LogP) is 4.52. The summed E-state index contributed by atoms with van der Waals surface area (Å²) >= 11 is 1.79. The Morgan fingerprint density at radius 3 is 2.25 bits per heavy atom. The topological polar surface area (TPSA) is 27.7 Å². The van der Waals surface area contributed by atoms with Crippen LogP contribution in [-0.4, -0.2) is 30.4 Å². The Kier molecular flexibility index (Phi) is 5.95. The fourth-order valence-corrected chi connectivity index (χ4v) is 3.74. The number of rotatable bonds is 7. The van der Waals surface area contributed by atoms with Crippen molar-refractivity contribution in [1.29, 1.82) is 0 Å². The Bertz CT molecular complexity index is 615. The third-order valence-corrected chi connectivity index (χ3v) is 4.94. The minimum absolute atomic E-state index is 0.0287. The van der Waals surface area contributed by atoms with E-state index in [-0.39, 0.29) is 12.2 Å². The summed E-state index contributed by atoms with van der Waals surface area (Å²) < 4.78 is 18.0. The van der Waals surface area contributed by atoms with Crippen LogP contribution in [0.4, 0.5) is 0 Å². The highest BCUT2D eigenvalue weighted by atomic mass is 32.2. The fourth-order valence-electron chi connectivity index (χ4n) is 2.75. The van der Waals surface area contributed by atoms with Crippen LogP contribution in [0.3, 0.4) is 0 Å². The highest BCUT2D eigenvalue weighted by Gasteiger charge is 2.41. The fraction of sp³-hybridized carbons (Fsp3) is 0.400. The van der Waals surface area contributed by atoms with Crippen molar-refractivity contribution in [2.45, 2.75) is 43.3 Å². The number of thioether (sulfide) groups is 1. The van der Waals surface area contributed by atoms with E-state index in [0.29, 0.717) is 13.2 Å². The van der Waals surface area contributed by atoms with Crippen LogP contribution < -0.4 is 0 Å². The number of benzene rings is 2. The summed E-state index contributed by atoms with van der Waals surface area (Å²) in [5.74, 6) is 0.301. The monoisotopic (exact) mass is 344 g/mol. The molecule has 0 saturated carbocycles. The summed E-state index contributed by atoms with van der Waals surface area (Å²) in [5, 5.41) is 0. The van der Waals surface area contributed by atoms with E-state index in [0.717, 1.165) is 5.75 Å². The molecule has 1 aliphatic heterocycles. The quantitative estimate of drug-likeness (QED) is 0.691. The van der Waals surface area contributed by atoms with E-state index in [9.17, 15) is 0 Å². The zero-order chi connectivity index (χ0) is 16.8. The molecule has 3 nitrogen and oxygen atoms in total. The molecule has 128 valence electrons. The van der Waals surface area contributed by atoms with E-state index < -0.39 is 5.79 Å². The molecule has 0 aliphatic carbocycles. The van der Waals surface area contributed by atoms with Gasteiger partial charge >= 0.3 is 0 Å². The maximum absolute atomic E-state index is 6.06. The van der Waals surface area contributed by atoms with Gasteiger partial charge in [-0.25, -0.2) is 0 Å². The van der Waals surface area contributed by atoms with Gasteiger partial charge in [-0.1, -0.05) is 48.5 Å². The Hall–Kier alpha value is -1.33. The molecule has 3 rings (SSSR count). The molecule has 0 unspecified atom stereocenters. The molecule has 0 N–H and O–H groups in total. The van der Waals surface area contributed by atoms with E-state index >= 15 is 0 Å². The van der Waals surface area contributed by atoms with Gasteiger partial charge in [-0.2, -0.15) is 0 Å². The minimum atomic E-state index is -0.553. The zero-order valence-corrected chi connectivity index (χ0v) is 15.0. The van der Waals surface area contributed by atoms with E-state index in [1.165, 1.54) is 10.5 Å². The van der Waals surface area contributed by atoms with Crippen LogP contribution in [0.15, 0.2) is 65.6 Å². The Morgan fingerprint density at radius 1 is 0.917 bits per heavy atom. The highest BCUT2D eigenvalue weighted by Crippen LogP contribution is 2.32. The van der Waals surface area contributed by atoms with Crippen LogP contribution in [0, 0.1) is 0 Å². The third kappa shape index (κ3) is 5.08. The van der Waals surface area contributed by atoms with Crippen LogP contribution >= 0.6 is 11.8 Å². The summed E-state index contributed by atoms with van der Waals surface area (Å²) in [6, 6.07) is 20.6. The van der Waals surface area contributed by atoms with Gasteiger partial charge in [0.25, 0.3) is 0 Å². The molecule has 4 heteroatoms. The van der Waals surface area contributed by atoms with Crippen LogP contribution in [0.25, 0.3) is 0 Å². The summed E-state index contributed by atoms with van der Waals surface area (Å²) in [4.78, 5) is 1.25. The van der Waals surface area contributed by atoms with Crippen molar-refractivity contribution < 1.29 is 14.2 Å². The molecule has 0 radical (unpaired) electrons. The molecule has 1 heterocycles. The van der Waals surface area contributed by atoms with Crippen LogP contribution in [-0.2, 0) is 20.8 Å². The van der Waals surface area contributed by atoms with Crippen LogP contribution in [0.5, 0.6) is 0 Å². The van der Waals surface area contributed by atoms with Crippen molar-refractivity contribution in [3.63, 3.8) is 0 Å². The molecule has 0 spiro atoms. The maximum atomic E-state index is 6.06. The Labute approximate surface area is 148 Å². The van der Waals surface area contributed by atoms with Crippen molar-refractivity contribution in [2.24, 2.45) is 0 Å². The Morgan fingerprint density at radius 2 is 1.54 bits per heavy atom. The van der Waals surface area contributed by atoms with Crippen molar-refractivity contribution in [2.75, 3.05) is 12.4 Å². The standard InChI is InChI=1S/C20H24O3S/c1-20(2)22-18(14-21-13-16-9-5-3-6-10-16)19(23-20)15-24-17-11-7-4-8-12-17/h3-12,18-19H,13-15H2,1-2H3/t18-,19-/m0/s1. The second kappa shape index (κ2) is 8.17. The van der Waals surface area contributed by atoms with E-state index in [4.69, 9.17) is 14.2 Å². The predicted molar refractivity (Wildman–Crippen MR) is 97.1 cm³/mol. The van der Waals surface area contributed by atoms with E-state index in [2.05, 4.69) is 36.4 Å². The van der Waals surface area contributed by atoms with Crippen LogP contribution in [0.1, 0.15) is 19.4 Å². The largest absolute Gasteiger partial charge is 0.374 e. The van der Waals surface area contributed by atoms with Crippen molar-refractivity contribution in [3.05, 3.63) is 66.2 Å². The van der Waals surface area contributed by atoms with Gasteiger partial charge in [0.1, 0.15) is 6.10 Å². The van der Waals surface area contributed by atoms with Crippen molar-refractivity contribution in [3.8, 4) is 0 Å². The van der Waals surface area contributed by atoms with Gasteiger partial charge in [-0.05, 0) is 31.5 Å². The van der Waals surface area contributed by atoms with Gasteiger partial charge in [0, 0.05) is 10.6 Å². The van der Waals surface area contributed by atoms with E-state index in [1.54, 1.807) is 11.8 Å². The molecule has 0 bridgehead atoms. The summed E-state index contributed by atoms with van der Waals surface area (Å²) in [6.45, 7) is 5.06. The van der Waals surface area contributed by atoms with Gasteiger partial charge in [0.2, 0.25) is 0 Å². The lowest BCUT2D eigenvalue weighted by atomic mass is 10.2. The van der Waals surface area contributed by atoms with Gasteiger partial charge in [0.15, 0.2) is 5.79 Å². The van der Waals surface area contributed by atoms with Crippen molar-refractivity contribution >= 4 is 11.8 Å². The molecule has 1 saturated heterocycles. The first-order valence-electron chi connectivity index (χ1n) is 8.27. The smallest absolute Gasteiger partial charge is 0.163 e. The maximum Gasteiger partial charge on any atom is 0.163 e.